The van der Waals surface area contributed by atoms with E-state index in [2.05, 4.69) is 97.1 Å². The Hall–Kier alpha value is -1.43. The van der Waals surface area contributed by atoms with Gasteiger partial charge in [0.2, 0.25) is 0 Å². The average molecular weight is 490 g/mol. The summed E-state index contributed by atoms with van der Waals surface area (Å²) >= 11 is 12.5. The molecule has 1 atom stereocenters. The summed E-state index contributed by atoms with van der Waals surface area (Å²) in [4.78, 5) is 0. The van der Waals surface area contributed by atoms with E-state index in [0.717, 1.165) is 28.2 Å². The SMILES string of the molecule is S=C1NC2=C(CCC/C2=C/c2ccc(Br)cc2)C(c2ccc(Br)cc2)N1. The zero-order valence-electron chi connectivity index (χ0n) is 14.1. The summed E-state index contributed by atoms with van der Waals surface area (Å²) in [5, 5.41) is 7.58. The van der Waals surface area contributed by atoms with Crippen LogP contribution in [0.25, 0.3) is 6.08 Å². The first-order valence-electron chi connectivity index (χ1n) is 8.63. The molecule has 2 aromatic rings. The summed E-state index contributed by atoms with van der Waals surface area (Å²) in [5.74, 6) is 0. The van der Waals surface area contributed by atoms with Gasteiger partial charge in [-0.05, 0) is 84.1 Å². The van der Waals surface area contributed by atoms with E-state index in [-0.39, 0.29) is 6.04 Å². The van der Waals surface area contributed by atoms with E-state index in [1.165, 1.54) is 28.0 Å². The van der Waals surface area contributed by atoms with Crippen LogP contribution in [0.5, 0.6) is 0 Å². The standard InChI is InChI=1S/C21H18Br2N2S/c22-16-8-4-13(5-9-16)12-15-2-1-3-18-19(24-21(26)25-20(15)18)14-6-10-17(23)11-7-14/h4-12,19H,1-3H2,(H2,24,25,26)/b15-12-. The van der Waals surface area contributed by atoms with E-state index in [0.29, 0.717) is 5.11 Å². The number of thiocarbonyl (C=S) groups is 1. The zero-order valence-corrected chi connectivity index (χ0v) is 18.0. The number of nitrogens with one attached hydrogen (secondary N) is 2. The molecule has 5 heteroatoms. The van der Waals surface area contributed by atoms with Crippen LogP contribution in [-0.4, -0.2) is 5.11 Å². The van der Waals surface area contributed by atoms with Crippen molar-refractivity contribution in [3.63, 3.8) is 0 Å². The van der Waals surface area contributed by atoms with E-state index in [9.17, 15) is 0 Å². The first kappa shape index (κ1) is 18.0. The smallest absolute Gasteiger partial charge is 0.171 e. The predicted octanol–water partition coefficient (Wildman–Crippen LogP) is 6.25. The fraction of sp³-hybridized carbons (Fsp3) is 0.190. The monoisotopic (exact) mass is 488 g/mol. The van der Waals surface area contributed by atoms with Crippen LogP contribution in [0.4, 0.5) is 0 Å². The molecule has 0 aromatic heterocycles. The fourth-order valence-corrected chi connectivity index (χ4v) is 4.34. The average Bonchev–Trinajstić information content (AvgIpc) is 2.64. The summed E-state index contributed by atoms with van der Waals surface area (Å²) < 4.78 is 2.19. The van der Waals surface area contributed by atoms with E-state index in [1.54, 1.807) is 0 Å². The van der Waals surface area contributed by atoms with Gasteiger partial charge in [0.1, 0.15) is 0 Å². The Morgan fingerprint density at radius 3 is 2.27 bits per heavy atom. The van der Waals surface area contributed by atoms with E-state index >= 15 is 0 Å². The van der Waals surface area contributed by atoms with Crippen molar-refractivity contribution in [3.05, 3.63) is 85.4 Å². The maximum Gasteiger partial charge on any atom is 0.171 e. The van der Waals surface area contributed by atoms with Crippen molar-refractivity contribution < 1.29 is 0 Å². The van der Waals surface area contributed by atoms with Gasteiger partial charge in [0.15, 0.2) is 5.11 Å². The highest BCUT2D eigenvalue weighted by molar-refractivity contribution is 9.10. The first-order valence-corrected chi connectivity index (χ1v) is 10.6. The zero-order chi connectivity index (χ0) is 18.1. The number of halogens is 2. The molecule has 1 aliphatic carbocycles. The van der Waals surface area contributed by atoms with Gasteiger partial charge in [-0.25, -0.2) is 0 Å². The Kier molecular flexibility index (Phi) is 5.30. The molecule has 0 saturated carbocycles. The van der Waals surface area contributed by atoms with E-state index in [4.69, 9.17) is 12.2 Å². The van der Waals surface area contributed by atoms with Gasteiger partial charge in [0.05, 0.1) is 6.04 Å². The predicted molar refractivity (Wildman–Crippen MR) is 119 cm³/mol. The molecule has 1 heterocycles. The Morgan fingerprint density at radius 1 is 0.923 bits per heavy atom. The molecule has 0 radical (unpaired) electrons. The lowest BCUT2D eigenvalue weighted by atomic mass is 9.83. The van der Waals surface area contributed by atoms with Crippen LogP contribution in [0.2, 0.25) is 0 Å². The number of allylic oxidation sites excluding steroid dienone is 1. The van der Waals surface area contributed by atoms with Crippen LogP contribution < -0.4 is 10.6 Å². The van der Waals surface area contributed by atoms with Gasteiger partial charge < -0.3 is 10.6 Å². The minimum atomic E-state index is 0.139. The molecule has 1 unspecified atom stereocenters. The third kappa shape index (κ3) is 3.80. The molecule has 1 aliphatic heterocycles. The molecule has 0 saturated heterocycles. The molecule has 132 valence electrons. The van der Waals surface area contributed by atoms with Crippen molar-refractivity contribution in [2.45, 2.75) is 25.3 Å². The summed E-state index contributed by atoms with van der Waals surface area (Å²) in [6, 6.07) is 17.1. The molecular formula is C21H18Br2N2S. The Balaban J connectivity index is 1.75. The number of hydrogen-bond donors (Lipinski definition) is 2. The van der Waals surface area contributed by atoms with Crippen LogP contribution >= 0.6 is 44.1 Å². The maximum absolute atomic E-state index is 5.51. The van der Waals surface area contributed by atoms with Gasteiger partial charge in [0.25, 0.3) is 0 Å². The molecule has 2 aliphatic rings. The molecule has 0 fully saturated rings. The van der Waals surface area contributed by atoms with Crippen molar-refractivity contribution >= 4 is 55.3 Å². The normalized spacial score (nSPS) is 21.2. The highest BCUT2D eigenvalue weighted by Crippen LogP contribution is 2.38. The summed E-state index contributed by atoms with van der Waals surface area (Å²) in [6.45, 7) is 0. The van der Waals surface area contributed by atoms with E-state index < -0.39 is 0 Å². The largest absolute Gasteiger partial charge is 0.352 e. The number of rotatable bonds is 2. The molecule has 4 rings (SSSR count). The second-order valence-corrected chi connectivity index (χ2v) is 8.80. The second kappa shape index (κ2) is 7.67. The number of benzene rings is 2. The molecule has 2 N–H and O–H groups in total. The molecular weight excluding hydrogens is 472 g/mol. The van der Waals surface area contributed by atoms with Gasteiger partial charge in [-0.2, -0.15) is 0 Å². The third-order valence-corrected chi connectivity index (χ3v) is 6.09. The minimum absolute atomic E-state index is 0.139. The van der Waals surface area contributed by atoms with Gasteiger partial charge in [-0.15, -0.1) is 0 Å². The lowest BCUT2D eigenvalue weighted by molar-refractivity contribution is 0.609. The van der Waals surface area contributed by atoms with Crippen molar-refractivity contribution in [1.82, 2.24) is 10.6 Å². The Labute approximate surface area is 176 Å². The van der Waals surface area contributed by atoms with Crippen molar-refractivity contribution in [3.8, 4) is 0 Å². The van der Waals surface area contributed by atoms with Crippen molar-refractivity contribution in [2.24, 2.45) is 0 Å². The maximum atomic E-state index is 5.51. The van der Waals surface area contributed by atoms with Crippen LogP contribution in [-0.2, 0) is 0 Å². The van der Waals surface area contributed by atoms with Crippen molar-refractivity contribution in [1.29, 1.82) is 0 Å². The van der Waals surface area contributed by atoms with Crippen LogP contribution in [0.15, 0.2) is 74.3 Å². The fourth-order valence-electron chi connectivity index (χ4n) is 3.59. The van der Waals surface area contributed by atoms with Crippen LogP contribution in [0, 0.1) is 0 Å². The molecule has 0 amide bonds. The lowest BCUT2D eigenvalue weighted by Gasteiger charge is -2.36. The number of hydrogen-bond acceptors (Lipinski definition) is 1. The summed E-state index contributed by atoms with van der Waals surface area (Å²) in [6.07, 6.45) is 5.58. The van der Waals surface area contributed by atoms with Gasteiger partial charge in [-0.1, -0.05) is 56.1 Å². The van der Waals surface area contributed by atoms with Crippen molar-refractivity contribution in [2.75, 3.05) is 0 Å². The molecule has 0 spiro atoms. The molecule has 2 aromatic carbocycles. The molecule has 2 nitrogen and oxygen atoms in total. The quantitative estimate of drug-likeness (QED) is 0.487. The highest BCUT2D eigenvalue weighted by atomic mass is 79.9. The first-order chi connectivity index (χ1) is 12.6. The third-order valence-electron chi connectivity index (χ3n) is 4.81. The Morgan fingerprint density at radius 2 is 1.58 bits per heavy atom. The molecule has 26 heavy (non-hydrogen) atoms. The topological polar surface area (TPSA) is 24.1 Å². The molecule has 0 bridgehead atoms. The van der Waals surface area contributed by atoms with Gasteiger partial charge in [-0.3, -0.25) is 0 Å². The van der Waals surface area contributed by atoms with Crippen LogP contribution in [0.3, 0.4) is 0 Å². The summed E-state index contributed by atoms with van der Waals surface area (Å²) in [7, 11) is 0. The summed E-state index contributed by atoms with van der Waals surface area (Å²) in [5.41, 5.74) is 6.39. The van der Waals surface area contributed by atoms with Crippen LogP contribution in [0.1, 0.15) is 36.4 Å². The van der Waals surface area contributed by atoms with Gasteiger partial charge >= 0.3 is 0 Å². The Bertz CT molecular complexity index is 899. The van der Waals surface area contributed by atoms with Gasteiger partial charge in [0, 0.05) is 14.6 Å². The lowest BCUT2D eigenvalue weighted by Crippen LogP contribution is -2.45. The minimum Gasteiger partial charge on any atom is -0.352 e. The van der Waals surface area contributed by atoms with E-state index in [1.807, 2.05) is 0 Å². The second-order valence-electron chi connectivity index (χ2n) is 6.56. The highest BCUT2D eigenvalue weighted by Gasteiger charge is 2.30.